The zero-order valence-corrected chi connectivity index (χ0v) is 18.5. The van der Waals surface area contributed by atoms with Gasteiger partial charge in [0, 0.05) is 24.7 Å². The highest BCUT2D eigenvalue weighted by Crippen LogP contribution is 2.25. The first-order chi connectivity index (χ1) is 14.9. The molecule has 7 nitrogen and oxygen atoms in total. The highest BCUT2D eigenvalue weighted by molar-refractivity contribution is 7.89. The van der Waals surface area contributed by atoms with Gasteiger partial charge in [0.05, 0.1) is 11.4 Å². The minimum atomic E-state index is -3.58. The van der Waals surface area contributed by atoms with Crippen LogP contribution in [0.25, 0.3) is 0 Å². The van der Waals surface area contributed by atoms with Gasteiger partial charge in [-0.1, -0.05) is 36.8 Å². The Morgan fingerprint density at radius 2 is 1.71 bits per heavy atom. The van der Waals surface area contributed by atoms with Crippen LogP contribution < -0.4 is 10.6 Å². The second kappa shape index (κ2) is 10.5. The fourth-order valence-corrected chi connectivity index (χ4v) is 5.36. The summed E-state index contributed by atoms with van der Waals surface area (Å²) in [6.07, 6.45) is 3.46. The topological polar surface area (TPSA) is 95.6 Å². The van der Waals surface area contributed by atoms with Gasteiger partial charge in [0.15, 0.2) is 0 Å². The zero-order valence-electron chi connectivity index (χ0n) is 17.7. The maximum atomic E-state index is 12.9. The highest BCUT2D eigenvalue weighted by Gasteiger charge is 2.30. The van der Waals surface area contributed by atoms with Crippen molar-refractivity contribution in [3.63, 3.8) is 0 Å². The van der Waals surface area contributed by atoms with Gasteiger partial charge < -0.3 is 10.6 Å². The van der Waals surface area contributed by atoms with Crippen LogP contribution in [0.3, 0.4) is 0 Å². The fourth-order valence-electron chi connectivity index (χ4n) is 3.66. The van der Waals surface area contributed by atoms with Crippen molar-refractivity contribution in [2.24, 2.45) is 0 Å². The van der Waals surface area contributed by atoms with E-state index >= 15 is 0 Å². The van der Waals surface area contributed by atoms with E-state index in [4.69, 9.17) is 0 Å². The van der Waals surface area contributed by atoms with Gasteiger partial charge in [-0.25, -0.2) is 8.42 Å². The van der Waals surface area contributed by atoms with E-state index in [9.17, 15) is 18.0 Å². The summed E-state index contributed by atoms with van der Waals surface area (Å²) in [7, 11) is -3.58. The number of rotatable bonds is 8. The first-order valence-electron chi connectivity index (χ1n) is 10.6. The first-order valence-corrected chi connectivity index (χ1v) is 12.0. The van der Waals surface area contributed by atoms with Gasteiger partial charge in [-0.15, -0.1) is 0 Å². The molecule has 1 aliphatic heterocycles. The predicted molar refractivity (Wildman–Crippen MR) is 119 cm³/mol. The highest BCUT2D eigenvalue weighted by atomic mass is 32.2. The van der Waals surface area contributed by atoms with E-state index < -0.39 is 15.9 Å². The van der Waals surface area contributed by atoms with Crippen LogP contribution in [-0.4, -0.2) is 50.2 Å². The molecular weight excluding hydrogens is 414 g/mol. The lowest BCUT2D eigenvalue weighted by atomic mass is 10.1. The van der Waals surface area contributed by atoms with Gasteiger partial charge in [-0.05, 0) is 56.0 Å². The molecule has 8 heteroatoms. The van der Waals surface area contributed by atoms with Crippen LogP contribution in [0.5, 0.6) is 0 Å². The molecule has 166 valence electrons. The first kappa shape index (κ1) is 23.0. The summed E-state index contributed by atoms with van der Waals surface area (Å²) < 4.78 is 27.3. The Morgan fingerprint density at radius 1 is 1.00 bits per heavy atom. The van der Waals surface area contributed by atoms with Crippen molar-refractivity contribution in [2.45, 2.75) is 43.5 Å². The molecule has 0 aromatic heterocycles. The lowest BCUT2D eigenvalue weighted by Gasteiger charge is -2.32. The van der Waals surface area contributed by atoms with E-state index in [2.05, 4.69) is 10.6 Å². The van der Waals surface area contributed by atoms with Crippen LogP contribution in [-0.2, 0) is 21.2 Å². The van der Waals surface area contributed by atoms with Crippen molar-refractivity contribution < 1.29 is 18.0 Å². The molecule has 0 radical (unpaired) electrons. The second-order valence-electron chi connectivity index (χ2n) is 7.75. The van der Waals surface area contributed by atoms with Crippen molar-refractivity contribution >= 4 is 21.8 Å². The third-order valence-corrected chi connectivity index (χ3v) is 7.48. The van der Waals surface area contributed by atoms with E-state index in [0.717, 1.165) is 24.8 Å². The molecule has 1 heterocycles. The Hall–Kier alpha value is -2.71. The molecule has 0 aliphatic carbocycles. The zero-order chi connectivity index (χ0) is 22.3. The molecular formula is C23H29N3O4S. The average molecular weight is 444 g/mol. The summed E-state index contributed by atoms with van der Waals surface area (Å²) in [5.74, 6) is -0.698. The van der Waals surface area contributed by atoms with E-state index in [1.54, 1.807) is 0 Å². The maximum absolute atomic E-state index is 12.9. The van der Waals surface area contributed by atoms with Gasteiger partial charge in [0.25, 0.3) is 5.91 Å². The molecule has 2 aromatic carbocycles. The van der Waals surface area contributed by atoms with E-state index in [-0.39, 0.29) is 23.4 Å². The SMILES string of the molecule is CC1CCCCN1S(=O)(=O)c1ccc(C(=O)NCC(=O)NCCc2ccccc2)cc1. The Kier molecular flexibility index (Phi) is 7.81. The van der Waals surface area contributed by atoms with Gasteiger partial charge in [0.1, 0.15) is 0 Å². The van der Waals surface area contributed by atoms with E-state index in [1.807, 2.05) is 37.3 Å². The normalized spacial score (nSPS) is 17.1. The summed E-state index contributed by atoms with van der Waals surface area (Å²) >= 11 is 0. The number of carbonyl (C=O) groups is 2. The van der Waals surface area contributed by atoms with Crippen molar-refractivity contribution in [2.75, 3.05) is 19.6 Å². The molecule has 0 spiro atoms. The monoisotopic (exact) mass is 443 g/mol. The average Bonchev–Trinajstić information content (AvgIpc) is 2.78. The quantitative estimate of drug-likeness (QED) is 0.655. The minimum Gasteiger partial charge on any atom is -0.354 e. The number of nitrogens with zero attached hydrogens (tertiary/aromatic N) is 1. The second-order valence-corrected chi connectivity index (χ2v) is 9.64. The molecule has 1 fully saturated rings. The Labute approximate surface area is 183 Å². The van der Waals surface area contributed by atoms with Gasteiger partial charge in [0.2, 0.25) is 15.9 Å². The Morgan fingerprint density at radius 3 is 2.39 bits per heavy atom. The summed E-state index contributed by atoms with van der Waals surface area (Å²) in [5, 5.41) is 5.33. The number of carbonyl (C=O) groups excluding carboxylic acids is 2. The van der Waals surface area contributed by atoms with Crippen LogP contribution >= 0.6 is 0 Å². The van der Waals surface area contributed by atoms with Gasteiger partial charge >= 0.3 is 0 Å². The lowest BCUT2D eigenvalue weighted by molar-refractivity contribution is -0.120. The van der Waals surface area contributed by atoms with Crippen molar-refractivity contribution in [1.82, 2.24) is 14.9 Å². The molecule has 31 heavy (non-hydrogen) atoms. The standard InChI is InChI=1S/C23H29N3O4S/c1-18-7-5-6-16-26(18)31(29,30)21-12-10-20(11-13-21)23(28)25-17-22(27)24-15-14-19-8-3-2-4-9-19/h2-4,8-13,18H,5-7,14-17H2,1H3,(H,24,27)(H,25,28). The third-order valence-electron chi connectivity index (χ3n) is 5.45. The van der Waals surface area contributed by atoms with Crippen LogP contribution in [0.1, 0.15) is 42.1 Å². The molecule has 0 saturated carbocycles. The minimum absolute atomic E-state index is 0.0258. The Balaban J connectivity index is 1.49. The molecule has 2 amide bonds. The van der Waals surface area contributed by atoms with Crippen LogP contribution in [0.4, 0.5) is 0 Å². The summed E-state index contributed by atoms with van der Waals surface area (Å²) in [6, 6.07) is 15.6. The van der Waals surface area contributed by atoms with Crippen LogP contribution in [0, 0.1) is 0 Å². The molecule has 2 aromatic rings. The fraction of sp³-hybridized carbons (Fsp3) is 0.391. The van der Waals surface area contributed by atoms with E-state index in [1.165, 1.54) is 28.6 Å². The molecule has 0 bridgehead atoms. The summed E-state index contributed by atoms with van der Waals surface area (Å²) in [4.78, 5) is 24.4. The summed E-state index contributed by atoms with van der Waals surface area (Å²) in [5.41, 5.74) is 1.43. The third kappa shape index (κ3) is 6.15. The van der Waals surface area contributed by atoms with Gasteiger partial charge in [-0.3, -0.25) is 9.59 Å². The summed E-state index contributed by atoms with van der Waals surface area (Å²) in [6.45, 7) is 2.79. The number of sulfonamides is 1. The predicted octanol–water partition coefficient (Wildman–Crippen LogP) is 2.34. The van der Waals surface area contributed by atoms with E-state index in [0.29, 0.717) is 25.1 Å². The van der Waals surface area contributed by atoms with Crippen molar-refractivity contribution in [3.8, 4) is 0 Å². The van der Waals surface area contributed by atoms with Crippen molar-refractivity contribution in [1.29, 1.82) is 0 Å². The molecule has 1 atom stereocenters. The number of piperidine rings is 1. The van der Waals surface area contributed by atoms with Crippen LogP contribution in [0.15, 0.2) is 59.5 Å². The van der Waals surface area contributed by atoms with Crippen LogP contribution in [0.2, 0.25) is 0 Å². The number of benzene rings is 2. The number of nitrogens with one attached hydrogen (secondary N) is 2. The maximum Gasteiger partial charge on any atom is 0.251 e. The molecule has 1 aliphatic rings. The molecule has 1 unspecified atom stereocenters. The van der Waals surface area contributed by atoms with Crippen molar-refractivity contribution in [3.05, 3.63) is 65.7 Å². The molecule has 2 N–H and O–H groups in total. The largest absolute Gasteiger partial charge is 0.354 e. The lowest BCUT2D eigenvalue weighted by Crippen LogP contribution is -2.41. The smallest absolute Gasteiger partial charge is 0.251 e. The molecule has 3 rings (SSSR count). The molecule has 1 saturated heterocycles. The number of hydrogen-bond donors (Lipinski definition) is 2. The Bertz CT molecular complexity index is 991. The number of amides is 2. The number of hydrogen-bond acceptors (Lipinski definition) is 4. The van der Waals surface area contributed by atoms with Gasteiger partial charge in [-0.2, -0.15) is 4.31 Å².